The summed E-state index contributed by atoms with van der Waals surface area (Å²) in [6.45, 7) is 13.8. The number of carboxylic acids is 1. The minimum Gasteiger partial charge on any atom is -0.486 e. The minimum atomic E-state index is -1.21. The maximum atomic E-state index is 11.6. The molecule has 0 saturated carbocycles. The molecule has 0 atom stereocenters. The van der Waals surface area contributed by atoms with Crippen LogP contribution < -0.4 is 9.80 Å². The standard InChI is InChI=1S/C48H49N3O2S/c1-4-6-10-34-14-20-40(21-15-34)50-28-8-12-38-30-36(18-26-46(38)50)44(32-42-24-25-43(54-42)33-45(49-3)48(52)53)37-19-27-47-39(31-37)13-9-29-51(47)41-22-16-35(17-23-41)11-7-5-2/h14-27,30-33H,4-13,28-29H2,1-2H3,(H,52,53). The van der Waals surface area contributed by atoms with Gasteiger partial charge in [0.25, 0.3) is 5.70 Å². The van der Waals surface area contributed by atoms with Crippen LogP contribution >= 0.6 is 11.3 Å². The Bertz CT molecular complexity index is 2090. The van der Waals surface area contributed by atoms with Crippen LogP contribution in [0.2, 0.25) is 0 Å². The van der Waals surface area contributed by atoms with Crippen LogP contribution in [-0.2, 0) is 30.5 Å². The van der Waals surface area contributed by atoms with Crippen LogP contribution in [0.1, 0.15) is 95.5 Å². The number of unbranched alkanes of at least 4 members (excludes halogenated alkanes) is 2. The van der Waals surface area contributed by atoms with Crippen molar-refractivity contribution in [3.8, 4) is 0 Å². The number of benzene rings is 4. The van der Waals surface area contributed by atoms with Gasteiger partial charge in [-0.15, -0.1) is 11.3 Å². The highest BCUT2D eigenvalue weighted by Gasteiger charge is 2.23. The number of nitrogens with zero attached hydrogens (tertiary/aromatic N) is 3. The number of hydrogen-bond acceptors (Lipinski definition) is 4. The molecule has 3 heterocycles. The lowest BCUT2D eigenvalue weighted by molar-refractivity contribution is -0.132. The largest absolute Gasteiger partial charge is 0.486 e. The highest BCUT2D eigenvalue weighted by atomic mass is 32.1. The molecule has 0 saturated heterocycles. The third-order valence-corrected chi connectivity index (χ3v) is 11.7. The van der Waals surface area contributed by atoms with Crippen molar-refractivity contribution in [2.75, 3.05) is 22.9 Å². The van der Waals surface area contributed by atoms with Gasteiger partial charge >= 0.3 is 5.97 Å². The van der Waals surface area contributed by atoms with E-state index < -0.39 is 5.97 Å². The van der Waals surface area contributed by atoms with Gasteiger partial charge in [0.15, 0.2) is 0 Å². The van der Waals surface area contributed by atoms with E-state index in [1.54, 1.807) is 0 Å². The Morgan fingerprint density at radius 1 is 0.704 bits per heavy atom. The predicted molar refractivity (Wildman–Crippen MR) is 227 cm³/mol. The molecule has 274 valence electrons. The normalized spacial score (nSPS) is 13.9. The van der Waals surface area contributed by atoms with E-state index >= 15 is 0 Å². The zero-order valence-electron chi connectivity index (χ0n) is 31.5. The summed E-state index contributed by atoms with van der Waals surface area (Å²) in [7, 11) is 0. The summed E-state index contributed by atoms with van der Waals surface area (Å²) >= 11 is 1.50. The number of thiophene rings is 1. The van der Waals surface area contributed by atoms with Crippen LogP contribution in [0.4, 0.5) is 22.7 Å². The molecule has 4 aromatic carbocycles. The second kappa shape index (κ2) is 17.2. The van der Waals surface area contributed by atoms with Gasteiger partial charge in [-0.25, -0.2) is 4.85 Å². The summed E-state index contributed by atoms with van der Waals surface area (Å²) in [6.07, 6.45) is 15.0. The van der Waals surface area contributed by atoms with Crippen LogP contribution in [0, 0.1) is 6.57 Å². The molecule has 0 bridgehead atoms. The number of hydrogen-bond donors (Lipinski definition) is 1. The third-order valence-electron chi connectivity index (χ3n) is 10.7. The molecule has 2 aliphatic rings. The lowest BCUT2D eigenvalue weighted by Gasteiger charge is -2.33. The molecule has 5 nitrogen and oxygen atoms in total. The van der Waals surface area contributed by atoms with Crippen molar-refractivity contribution < 1.29 is 9.90 Å². The average molecular weight is 732 g/mol. The number of aliphatic carboxylic acids is 1. The number of carbonyl (C=O) groups is 1. The minimum absolute atomic E-state index is 0.280. The SMILES string of the molecule is [C-]#[N+]C(=Cc1ccc(C=C(c2ccc3c(c2)CCCN3c2ccc(CCCC)cc2)c2ccc3c(c2)CCCN3c2ccc(CCCC)cc2)s1)C(=O)O. The molecule has 0 radical (unpaired) electrons. The van der Waals surface area contributed by atoms with Crippen molar-refractivity contribution in [2.24, 2.45) is 0 Å². The quantitative estimate of drug-likeness (QED) is 0.0967. The molecule has 0 fully saturated rings. The van der Waals surface area contributed by atoms with E-state index in [9.17, 15) is 9.90 Å². The summed E-state index contributed by atoms with van der Waals surface area (Å²) in [6, 6.07) is 36.1. The molecular weight excluding hydrogens is 683 g/mol. The Balaban J connectivity index is 1.25. The van der Waals surface area contributed by atoms with E-state index in [2.05, 4.69) is 119 Å². The number of carboxylic acid groups (broad SMARTS) is 1. The van der Waals surface area contributed by atoms with E-state index in [1.807, 2.05) is 12.1 Å². The average Bonchev–Trinajstić information content (AvgIpc) is 3.66. The zero-order valence-corrected chi connectivity index (χ0v) is 32.3. The second-order valence-electron chi connectivity index (χ2n) is 14.5. The number of anilines is 4. The molecule has 1 N–H and O–H groups in total. The fraction of sp³-hybridized carbons (Fsp3) is 0.292. The van der Waals surface area contributed by atoms with Crippen LogP contribution in [0.5, 0.6) is 0 Å². The van der Waals surface area contributed by atoms with Crippen LogP contribution in [0.3, 0.4) is 0 Å². The second-order valence-corrected chi connectivity index (χ2v) is 15.6. The maximum absolute atomic E-state index is 11.6. The van der Waals surface area contributed by atoms with Gasteiger partial charge in [0, 0.05) is 45.6 Å². The Morgan fingerprint density at radius 3 is 1.63 bits per heavy atom. The van der Waals surface area contributed by atoms with Crippen LogP contribution in [0.25, 0.3) is 22.6 Å². The molecule has 7 rings (SSSR count). The molecule has 6 heteroatoms. The first-order valence-electron chi connectivity index (χ1n) is 19.6. The Kier molecular flexibility index (Phi) is 11.8. The Labute approximate surface area is 324 Å². The third kappa shape index (κ3) is 8.38. The molecule has 0 unspecified atom stereocenters. The number of aryl methyl sites for hydroxylation is 4. The smallest absolute Gasteiger partial charge is 0.333 e. The first kappa shape index (κ1) is 37.0. The Hall–Kier alpha value is -5.38. The topological polar surface area (TPSA) is 48.1 Å². The van der Waals surface area contributed by atoms with Crippen LogP contribution in [-0.4, -0.2) is 24.2 Å². The van der Waals surface area contributed by atoms with Crippen molar-refractivity contribution in [3.05, 3.63) is 157 Å². The van der Waals surface area contributed by atoms with Crippen LogP contribution in [0.15, 0.2) is 103 Å². The fourth-order valence-electron chi connectivity index (χ4n) is 7.79. The molecule has 0 amide bonds. The summed E-state index contributed by atoms with van der Waals surface area (Å²) in [5.74, 6) is -1.21. The first-order valence-corrected chi connectivity index (χ1v) is 20.4. The van der Waals surface area contributed by atoms with E-state index in [4.69, 9.17) is 6.57 Å². The van der Waals surface area contributed by atoms with Gasteiger partial charge in [-0.2, -0.15) is 0 Å². The lowest BCUT2D eigenvalue weighted by Crippen LogP contribution is -2.24. The molecule has 5 aromatic rings. The number of rotatable bonds is 13. The summed E-state index contributed by atoms with van der Waals surface area (Å²) in [5, 5.41) is 9.45. The first-order chi connectivity index (χ1) is 26.4. The maximum Gasteiger partial charge on any atom is 0.333 e. The van der Waals surface area contributed by atoms with Crippen molar-refractivity contribution in [1.29, 1.82) is 0 Å². The van der Waals surface area contributed by atoms with Gasteiger partial charge in [0.2, 0.25) is 0 Å². The van der Waals surface area contributed by atoms with Crippen molar-refractivity contribution in [2.45, 2.75) is 78.1 Å². The van der Waals surface area contributed by atoms with Gasteiger partial charge < -0.3 is 14.9 Å². The van der Waals surface area contributed by atoms with Gasteiger partial charge in [0.1, 0.15) is 0 Å². The van der Waals surface area contributed by atoms with Gasteiger partial charge in [-0.05, 0) is 163 Å². The zero-order chi connectivity index (χ0) is 37.4. The van der Waals surface area contributed by atoms with E-state index in [-0.39, 0.29) is 5.70 Å². The van der Waals surface area contributed by atoms with Crippen molar-refractivity contribution in [1.82, 2.24) is 0 Å². The van der Waals surface area contributed by atoms with Gasteiger partial charge in [-0.1, -0.05) is 63.1 Å². The van der Waals surface area contributed by atoms with E-state index in [0.717, 1.165) is 66.9 Å². The number of fused-ring (bicyclic) bond motifs is 2. The van der Waals surface area contributed by atoms with Gasteiger partial charge in [0.05, 0.1) is 6.57 Å². The van der Waals surface area contributed by atoms with Crippen molar-refractivity contribution >= 4 is 57.8 Å². The molecule has 1 aromatic heterocycles. The molecule has 2 aliphatic heterocycles. The molecule has 0 spiro atoms. The molecular formula is C48H49N3O2S. The fourth-order valence-corrected chi connectivity index (χ4v) is 8.68. The predicted octanol–water partition coefficient (Wildman–Crippen LogP) is 12.5. The summed E-state index contributed by atoms with van der Waals surface area (Å²) < 4.78 is 0. The van der Waals surface area contributed by atoms with Gasteiger partial charge in [-0.3, -0.25) is 4.79 Å². The molecule has 54 heavy (non-hydrogen) atoms. The Morgan fingerprint density at radius 2 is 1.19 bits per heavy atom. The highest BCUT2D eigenvalue weighted by molar-refractivity contribution is 7.13. The molecule has 0 aliphatic carbocycles. The highest BCUT2D eigenvalue weighted by Crippen LogP contribution is 2.40. The van der Waals surface area contributed by atoms with Crippen molar-refractivity contribution in [3.63, 3.8) is 0 Å². The van der Waals surface area contributed by atoms with E-state index in [0.29, 0.717) is 0 Å². The monoisotopic (exact) mass is 731 g/mol. The summed E-state index contributed by atoms with van der Waals surface area (Å²) in [5.41, 5.74) is 13.7. The van der Waals surface area contributed by atoms with E-state index in [1.165, 1.54) is 99.2 Å². The lowest BCUT2D eigenvalue weighted by atomic mass is 9.90. The summed E-state index contributed by atoms with van der Waals surface area (Å²) in [4.78, 5) is 21.5.